The van der Waals surface area contributed by atoms with Crippen molar-refractivity contribution in [2.75, 3.05) is 14.1 Å². The SMILES string of the molecule is CC(C)n1c2ccccc2c2c1cc(C(=O)NCc1ccncc1)n2C(=O)N(C)C. The van der Waals surface area contributed by atoms with Crippen LogP contribution in [-0.2, 0) is 6.54 Å². The number of rotatable bonds is 4. The minimum absolute atomic E-state index is 0.172. The molecule has 154 valence electrons. The smallest absolute Gasteiger partial charge is 0.328 e. The zero-order chi connectivity index (χ0) is 21.4. The van der Waals surface area contributed by atoms with Gasteiger partial charge in [0.1, 0.15) is 5.69 Å². The maximum atomic E-state index is 13.1. The van der Waals surface area contributed by atoms with Gasteiger partial charge in [0.2, 0.25) is 0 Å². The summed E-state index contributed by atoms with van der Waals surface area (Å²) in [5.41, 5.74) is 3.94. The minimum Gasteiger partial charge on any atom is -0.347 e. The highest BCUT2D eigenvalue weighted by Gasteiger charge is 2.26. The highest BCUT2D eigenvalue weighted by atomic mass is 16.2. The number of carbonyl (C=O) groups is 2. The maximum Gasteiger partial charge on any atom is 0.328 e. The summed E-state index contributed by atoms with van der Waals surface area (Å²) in [6.45, 7) is 4.55. The number of fused-ring (bicyclic) bond motifs is 3. The van der Waals surface area contributed by atoms with Gasteiger partial charge in [-0.3, -0.25) is 14.3 Å². The predicted molar refractivity (Wildman–Crippen MR) is 118 cm³/mol. The van der Waals surface area contributed by atoms with E-state index in [2.05, 4.69) is 28.7 Å². The second-order valence-electron chi connectivity index (χ2n) is 7.79. The lowest BCUT2D eigenvalue weighted by Crippen LogP contribution is -2.32. The topological polar surface area (TPSA) is 72.2 Å². The minimum atomic E-state index is -0.294. The first-order valence-corrected chi connectivity index (χ1v) is 9.93. The van der Waals surface area contributed by atoms with E-state index in [1.165, 1.54) is 9.47 Å². The number of hydrogen-bond acceptors (Lipinski definition) is 3. The molecule has 0 saturated heterocycles. The van der Waals surface area contributed by atoms with Gasteiger partial charge in [-0.1, -0.05) is 18.2 Å². The Hall–Kier alpha value is -3.61. The Bertz CT molecular complexity index is 1230. The van der Waals surface area contributed by atoms with E-state index in [0.29, 0.717) is 12.2 Å². The molecule has 2 amide bonds. The van der Waals surface area contributed by atoms with Gasteiger partial charge in [0.15, 0.2) is 0 Å². The molecule has 0 atom stereocenters. The van der Waals surface area contributed by atoms with Crippen molar-refractivity contribution < 1.29 is 9.59 Å². The van der Waals surface area contributed by atoms with E-state index >= 15 is 0 Å². The number of aromatic nitrogens is 3. The molecule has 0 unspecified atom stereocenters. The summed E-state index contributed by atoms with van der Waals surface area (Å²) in [5.74, 6) is -0.294. The molecule has 7 nitrogen and oxygen atoms in total. The highest BCUT2D eigenvalue weighted by Crippen LogP contribution is 2.34. The summed E-state index contributed by atoms with van der Waals surface area (Å²) in [6, 6.07) is 13.4. The molecular weight excluding hydrogens is 378 g/mol. The van der Waals surface area contributed by atoms with Crippen molar-refractivity contribution in [3.8, 4) is 0 Å². The number of carbonyl (C=O) groups excluding carboxylic acids is 2. The second kappa shape index (κ2) is 7.67. The van der Waals surface area contributed by atoms with Crippen LogP contribution in [0.4, 0.5) is 4.79 Å². The fourth-order valence-corrected chi connectivity index (χ4v) is 3.85. The summed E-state index contributed by atoms with van der Waals surface area (Å²) in [6.07, 6.45) is 3.37. The van der Waals surface area contributed by atoms with Crippen LogP contribution in [0.3, 0.4) is 0 Å². The van der Waals surface area contributed by atoms with E-state index in [1.807, 2.05) is 42.5 Å². The van der Waals surface area contributed by atoms with Crippen LogP contribution >= 0.6 is 0 Å². The van der Waals surface area contributed by atoms with Gasteiger partial charge in [-0.25, -0.2) is 4.79 Å². The lowest BCUT2D eigenvalue weighted by atomic mass is 10.2. The maximum absolute atomic E-state index is 13.1. The van der Waals surface area contributed by atoms with Gasteiger partial charge in [-0.2, -0.15) is 0 Å². The molecule has 0 fully saturated rings. The fourth-order valence-electron chi connectivity index (χ4n) is 3.85. The number of amides is 2. The van der Waals surface area contributed by atoms with Crippen molar-refractivity contribution in [2.24, 2.45) is 0 Å². The molecule has 0 aliphatic rings. The van der Waals surface area contributed by atoms with Gasteiger partial charge >= 0.3 is 6.03 Å². The number of benzene rings is 1. The van der Waals surface area contributed by atoms with Crippen LogP contribution < -0.4 is 5.32 Å². The first-order valence-electron chi connectivity index (χ1n) is 9.93. The molecule has 0 aliphatic heterocycles. The first kappa shape index (κ1) is 19.7. The molecule has 0 aliphatic carbocycles. The summed E-state index contributed by atoms with van der Waals surface area (Å²) < 4.78 is 3.70. The van der Waals surface area contributed by atoms with Crippen LogP contribution in [0.5, 0.6) is 0 Å². The summed E-state index contributed by atoms with van der Waals surface area (Å²) in [4.78, 5) is 31.7. The summed E-state index contributed by atoms with van der Waals surface area (Å²) in [5, 5.41) is 3.88. The third kappa shape index (κ3) is 3.22. The highest BCUT2D eigenvalue weighted by molar-refractivity contribution is 6.14. The van der Waals surface area contributed by atoms with E-state index in [1.54, 1.807) is 26.5 Å². The van der Waals surface area contributed by atoms with Gasteiger partial charge in [-0.05, 0) is 43.7 Å². The molecule has 1 N–H and O–H groups in total. The van der Waals surface area contributed by atoms with Crippen LogP contribution in [0.2, 0.25) is 0 Å². The Balaban J connectivity index is 1.89. The average molecular weight is 403 g/mol. The summed E-state index contributed by atoms with van der Waals surface area (Å²) >= 11 is 0. The molecule has 3 heterocycles. The Morgan fingerprint density at radius 2 is 1.77 bits per heavy atom. The zero-order valence-corrected chi connectivity index (χ0v) is 17.6. The summed E-state index contributed by atoms with van der Waals surface area (Å²) in [7, 11) is 3.38. The van der Waals surface area contributed by atoms with Crippen molar-refractivity contribution >= 4 is 33.9 Å². The third-order valence-electron chi connectivity index (χ3n) is 5.18. The molecule has 4 aromatic rings. The Labute approximate surface area is 174 Å². The fraction of sp³-hybridized carbons (Fsp3) is 0.261. The Morgan fingerprint density at radius 1 is 1.07 bits per heavy atom. The lowest BCUT2D eigenvalue weighted by molar-refractivity contribution is 0.0942. The number of nitrogens with one attached hydrogen (secondary N) is 1. The van der Waals surface area contributed by atoms with E-state index in [-0.39, 0.29) is 18.0 Å². The van der Waals surface area contributed by atoms with Crippen molar-refractivity contribution in [1.82, 2.24) is 24.3 Å². The van der Waals surface area contributed by atoms with Crippen molar-refractivity contribution in [1.29, 1.82) is 0 Å². The van der Waals surface area contributed by atoms with Gasteiger partial charge in [0.05, 0.1) is 16.6 Å². The molecule has 30 heavy (non-hydrogen) atoms. The van der Waals surface area contributed by atoms with E-state index in [9.17, 15) is 9.59 Å². The zero-order valence-electron chi connectivity index (χ0n) is 17.6. The van der Waals surface area contributed by atoms with Gasteiger partial charge in [0, 0.05) is 44.5 Å². The quantitative estimate of drug-likeness (QED) is 0.559. The number of pyridine rings is 1. The molecule has 0 radical (unpaired) electrons. The molecule has 3 aromatic heterocycles. The first-order chi connectivity index (χ1) is 14.4. The van der Waals surface area contributed by atoms with Crippen molar-refractivity contribution in [3.05, 3.63) is 66.1 Å². The monoisotopic (exact) mass is 403 g/mol. The van der Waals surface area contributed by atoms with Gasteiger partial charge in [0.25, 0.3) is 5.91 Å². The van der Waals surface area contributed by atoms with Crippen LogP contribution in [0.25, 0.3) is 21.9 Å². The van der Waals surface area contributed by atoms with E-state index < -0.39 is 0 Å². The van der Waals surface area contributed by atoms with E-state index in [0.717, 1.165) is 27.5 Å². The number of hydrogen-bond donors (Lipinski definition) is 1. The van der Waals surface area contributed by atoms with Crippen molar-refractivity contribution in [3.63, 3.8) is 0 Å². The van der Waals surface area contributed by atoms with Crippen molar-refractivity contribution in [2.45, 2.75) is 26.4 Å². The van der Waals surface area contributed by atoms with Crippen LogP contribution in [0.15, 0.2) is 54.9 Å². The van der Waals surface area contributed by atoms with E-state index in [4.69, 9.17) is 0 Å². The van der Waals surface area contributed by atoms with Gasteiger partial charge < -0.3 is 14.8 Å². The normalized spacial score (nSPS) is 11.4. The van der Waals surface area contributed by atoms with Crippen LogP contribution in [0, 0.1) is 0 Å². The Morgan fingerprint density at radius 3 is 2.43 bits per heavy atom. The second-order valence-corrected chi connectivity index (χ2v) is 7.79. The Kier molecular flexibility index (Phi) is 5.03. The molecule has 7 heteroatoms. The largest absolute Gasteiger partial charge is 0.347 e. The molecular formula is C23H25N5O2. The molecule has 0 bridgehead atoms. The number of nitrogens with zero attached hydrogens (tertiary/aromatic N) is 4. The van der Waals surface area contributed by atoms with Crippen LogP contribution in [0.1, 0.15) is 35.9 Å². The molecule has 0 saturated carbocycles. The van der Waals surface area contributed by atoms with Crippen LogP contribution in [-0.4, -0.2) is 45.1 Å². The average Bonchev–Trinajstić information content (AvgIpc) is 3.26. The molecule has 1 aromatic carbocycles. The van der Waals surface area contributed by atoms with Gasteiger partial charge in [-0.15, -0.1) is 0 Å². The molecule has 4 rings (SSSR count). The standard InChI is InChI=1S/C23H25N5O2/c1-15(2)27-18-8-6-5-7-17(18)21-19(27)13-20(28(21)23(30)26(3)4)22(29)25-14-16-9-11-24-12-10-16/h5-13,15H,14H2,1-4H3,(H,25,29). The number of para-hydroxylation sites is 1. The molecule has 0 spiro atoms. The lowest BCUT2D eigenvalue weighted by Gasteiger charge is -2.15. The predicted octanol–water partition coefficient (Wildman–Crippen LogP) is 4.03. The third-order valence-corrected chi connectivity index (χ3v) is 5.18.